The summed E-state index contributed by atoms with van der Waals surface area (Å²) in [5, 5.41) is 13.4. The van der Waals surface area contributed by atoms with Crippen molar-refractivity contribution in [3.8, 4) is 11.5 Å². The minimum Gasteiger partial charge on any atom is -0.494 e. The highest BCUT2D eigenvalue weighted by Crippen LogP contribution is 2.29. The van der Waals surface area contributed by atoms with E-state index in [2.05, 4.69) is 5.32 Å². The molecule has 28 heavy (non-hydrogen) atoms. The van der Waals surface area contributed by atoms with Crippen molar-refractivity contribution in [3.05, 3.63) is 58.1 Å². The summed E-state index contributed by atoms with van der Waals surface area (Å²) in [6.07, 6.45) is -0.905. The fraction of sp³-hybridized carbons (Fsp3) is 0.263. The number of carbonyl (C=O) groups excluding carboxylic acids is 2. The van der Waals surface area contributed by atoms with E-state index in [0.29, 0.717) is 11.3 Å². The van der Waals surface area contributed by atoms with Crippen LogP contribution in [-0.2, 0) is 9.53 Å². The van der Waals surface area contributed by atoms with Gasteiger partial charge in [-0.15, -0.1) is 0 Å². The minimum absolute atomic E-state index is 0.152. The van der Waals surface area contributed by atoms with Gasteiger partial charge in [0, 0.05) is 6.07 Å². The standard InChI is InChI=1S/C19H20N2O7/c1-4-27-19(23)13-6-5-7-15(10-13)28-12(2)18(22)20-16-9-8-14(21(24)25)11-17(16)26-3/h5-12H,4H2,1-3H3,(H,20,22)/t12-/m1/s1. The van der Waals surface area contributed by atoms with Crippen LogP contribution in [0.1, 0.15) is 24.2 Å². The smallest absolute Gasteiger partial charge is 0.338 e. The number of rotatable bonds is 8. The lowest BCUT2D eigenvalue weighted by molar-refractivity contribution is -0.384. The maximum absolute atomic E-state index is 12.4. The van der Waals surface area contributed by atoms with Gasteiger partial charge in [0.05, 0.1) is 36.0 Å². The molecule has 0 spiro atoms. The lowest BCUT2D eigenvalue weighted by Crippen LogP contribution is -2.30. The van der Waals surface area contributed by atoms with Gasteiger partial charge in [0.15, 0.2) is 6.10 Å². The predicted octanol–water partition coefficient (Wildman–Crippen LogP) is 3.19. The first-order valence-corrected chi connectivity index (χ1v) is 8.42. The van der Waals surface area contributed by atoms with Gasteiger partial charge in [-0.2, -0.15) is 0 Å². The summed E-state index contributed by atoms with van der Waals surface area (Å²) < 4.78 is 15.6. The number of esters is 1. The van der Waals surface area contributed by atoms with Gasteiger partial charge in [0.1, 0.15) is 11.5 Å². The lowest BCUT2D eigenvalue weighted by Gasteiger charge is -2.16. The predicted molar refractivity (Wildman–Crippen MR) is 101 cm³/mol. The molecule has 2 aromatic rings. The molecule has 0 heterocycles. The zero-order chi connectivity index (χ0) is 20.7. The fourth-order valence-electron chi connectivity index (χ4n) is 2.30. The molecule has 148 valence electrons. The van der Waals surface area contributed by atoms with Crippen LogP contribution in [0.3, 0.4) is 0 Å². The Morgan fingerprint density at radius 1 is 1.21 bits per heavy atom. The molecule has 0 saturated carbocycles. The Kier molecular flexibility index (Phi) is 6.91. The second kappa shape index (κ2) is 9.36. The second-order valence-corrected chi connectivity index (χ2v) is 5.64. The first kappa shape index (κ1) is 20.7. The van der Waals surface area contributed by atoms with Gasteiger partial charge in [0.2, 0.25) is 0 Å². The van der Waals surface area contributed by atoms with Gasteiger partial charge < -0.3 is 19.5 Å². The fourth-order valence-corrected chi connectivity index (χ4v) is 2.30. The Bertz CT molecular complexity index is 882. The van der Waals surface area contributed by atoms with Gasteiger partial charge in [-0.3, -0.25) is 14.9 Å². The van der Waals surface area contributed by atoms with Gasteiger partial charge in [-0.05, 0) is 38.1 Å². The molecule has 1 N–H and O–H groups in total. The molecule has 0 radical (unpaired) electrons. The van der Waals surface area contributed by atoms with Crippen LogP contribution >= 0.6 is 0 Å². The number of anilines is 1. The zero-order valence-corrected chi connectivity index (χ0v) is 15.6. The van der Waals surface area contributed by atoms with E-state index in [0.717, 1.165) is 0 Å². The molecule has 9 heteroatoms. The number of non-ortho nitro benzene ring substituents is 1. The number of nitrogens with one attached hydrogen (secondary N) is 1. The molecular formula is C19H20N2O7. The van der Waals surface area contributed by atoms with Crippen LogP contribution in [0.2, 0.25) is 0 Å². The maximum Gasteiger partial charge on any atom is 0.338 e. The van der Waals surface area contributed by atoms with Gasteiger partial charge in [-0.25, -0.2) is 4.79 Å². The Morgan fingerprint density at radius 2 is 1.96 bits per heavy atom. The highest BCUT2D eigenvalue weighted by molar-refractivity contribution is 5.95. The monoisotopic (exact) mass is 388 g/mol. The summed E-state index contributed by atoms with van der Waals surface area (Å²) in [6.45, 7) is 3.49. The maximum atomic E-state index is 12.4. The first-order chi connectivity index (χ1) is 13.3. The Labute approximate surface area is 161 Å². The van der Waals surface area contributed by atoms with E-state index in [1.165, 1.54) is 38.3 Å². The molecule has 1 atom stereocenters. The number of methoxy groups -OCH3 is 1. The van der Waals surface area contributed by atoms with E-state index in [-0.39, 0.29) is 23.7 Å². The van der Waals surface area contributed by atoms with E-state index >= 15 is 0 Å². The van der Waals surface area contributed by atoms with Crippen LogP contribution in [0.25, 0.3) is 0 Å². The highest BCUT2D eigenvalue weighted by atomic mass is 16.6. The molecule has 0 aliphatic heterocycles. The van der Waals surface area contributed by atoms with Gasteiger partial charge in [0.25, 0.3) is 11.6 Å². The summed E-state index contributed by atoms with van der Waals surface area (Å²) in [4.78, 5) is 34.5. The van der Waals surface area contributed by atoms with Crippen LogP contribution in [0.15, 0.2) is 42.5 Å². The van der Waals surface area contributed by atoms with Crippen molar-refractivity contribution in [2.75, 3.05) is 19.0 Å². The normalized spacial score (nSPS) is 11.2. The number of carbonyl (C=O) groups is 2. The van der Waals surface area contributed by atoms with Crippen LogP contribution in [0, 0.1) is 10.1 Å². The van der Waals surface area contributed by atoms with Crippen molar-refractivity contribution < 1.29 is 28.7 Å². The Hall–Kier alpha value is -3.62. The molecule has 0 unspecified atom stereocenters. The van der Waals surface area contributed by atoms with Gasteiger partial charge in [-0.1, -0.05) is 6.07 Å². The topological polar surface area (TPSA) is 117 Å². The molecule has 0 fully saturated rings. The Balaban J connectivity index is 2.08. The van der Waals surface area contributed by atoms with Crippen LogP contribution in [-0.4, -0.2) is 36.6 Å². The van der Waals surface area contributed by atoms with Crippen LogP contribution in [0.5, 0.6) is 11.5 Å². The summed E-state index contributed by atoms with van der Waals surface area (Å²) in [6, 6.07) is 10.1. The van der Waals surface area contributed by atoms with E-state index in [1.54, 1.807) is 25.1 Å². The molecule has 0 aromatic heterocycles. The molecule has 2 aromatic carbocycles. The van der Waals surface area contributed by atoms with Crippen molar-refractivity contribution >= 4 is 23.3 Å². The summed E-state index contributed by atoms with van der Waals surface area (Å²) in [7, 11) is 1.34. The molecule has 2 rings (SSSR count). The van der Waals surface area contributed by atoms with Crippen molar-refractivity contribution in [1.82, 2.24) is 0 Å². The van der Waals surface area contributed by atoms with E-state index < -0.39 is 22.9 Å². The van der Waals surface area contributed by atoms with Crippen molar-refractivity contribution in [1.29, 1.82) is 0 Å². The van der Waals surface area contributed by atoms with Gasteiger partial charge >= 0.3 is 5.97 Å². The zero-order valence-electron chi connectivity index (χ0n) is 15.6. The molecule has 9 nitrogen and oxygen atoms in total. The first-order valence-electron chi connectivity index (χ1n) is 8.42. The third kappa shape index (κ3) is 5.19. The van der Waals surface area contributed by atoms with Crippen molar-refractivity contribution in [3.63, 3.8) is 0 Å². The van der Waals surface area contributed by atoms with E-state index in [4.69, 9.17) is 14.2 Å². The number of benzene rings is 2. The highest BCUT2D eigenvalue weighted by Gasteiger charge is 2.19. The number of nitrogens with zero attached hydrogens (tertiary/aromatic N) is 1. The summed E-state index contributed by atoms with van der Waals surface area (Å²) in [5.74, 6) is -0.503. The molecule has 0 bridgehead atoms. The average molecular weight is 388 g/mol. The number of nitro benzene ring substituents is 1. The third-order valence-corrected chi connectivity index (χ3v) is 3.68. The molecule has 1 amide bonds. The van der Waals surface area contributed by atoms with Crippen LogP contribution in [0.4, 0.5) is 11.4 Å². The van der Waals surface area contributed by atoms with Crippen LogP contribution < -0.4 is 14.8 Å². The minimum atomic E-state index is -0.905. The SMILES string of the molecule is CCOC(=O)c1cccc(O[C@H](C)C(=O)Nc2ccc([N+](=O)[O-])cc2OC)c1. The number of hydrogen-bond donors (Lipinski definition) is 1. The van der Waals surface area contributed by atoms with Crippen molar-refractivity contribution in [2.24, 2.45) is 0 Å². The second-order valence-electron chi connectivity index (χ2n) is 5.64. The number of ether oxygens (including phenoxy) is 3. The lowest BCUT2D eigenvalue weighted by atomic mass is 10.2. The van der Waals surface area contributed by atoms with E-state index in [9.17, 15) is 19.7 Å². The summed E-state index contributed by atoms with van der Waals surface area (Å²) >= 11 is 0. The Morgan fingerprint density at radius 3 is 2.61 bits per heavy atom. The molecular weight excluding hydrogens is 368 g/mol. The largest absolute Gasteiger partial charge is 0.494 e. The quantitative estimate of drug-likeness (QED) is 0.419. The van der Waals surface area contributed by atoms with E-state index in [1.807, 2.05) is 0 Å². The molecule has 0 aliphatic rings. The summed E-state index contributed by atoms with van der Waals surface area (Å²) in [5.41, 5.74) is 0.424. The third-order valence-electron chi connectivity index (χ3n) is 3.68. The average Bonchev–Trinajstić information content (AvgIpc) is 2.68. The molecule has 0 saturated heterocycles. The van der Waals surface area contributed by atoms with Crippen molar-refractivity contribution in [2.45, 2.75) is 20.0 Å². The number of amides is 1. The molecule has 0 aliphatic carbocycles. The number of nitro groups is 1. The number of hydrogen-bond acceptors (Lipinski definition) is 7.